The van der Waals surface area contributed by atoms with Crippen LogP contribution in [-0.2, 0) is 20.6 Å². The van der Waals surface area contributed by atoms with E-state index in [-0.39, 0.29) is 17.9 Å². The molecule has 0 aliphatic carbocycles. The van der Waals surface area contributed by atoms with Crippen LogP contribution >= 0.6 is 39.1 Å². The van der Waals surface area contributed by atoms with Crippen LogP contribution in [-0.4, -0.2) is 18.9 Å². The van der Waals surface area contributed by atoms with Gasteiger partial charge in [-0.1, -0.05) is 45.2 Å². The molecule has 2 aromatic carbocycles. The Balaban J connectivity index is 1.92. The number of halogens is 3. The van der Waals surface area contributed by atoms with Crippen LogP contribution in [0.15, 0.2) is 56.5 Å². The van der Waals surface area contributed by atoms with Gasteiger partial charge < -0.3 is 4.74 Å². The molecule has 10 heteroatoms. The number of hydrogen-bond donors (Lipinski definition) is 0. The Hall–Kier alpha value is -2.55. The van der Waals surface area contributed by atoms with Crippen molar-refractivity contribution in [1.82, 2.24) is 18.9 Å². The first-order valence-electron chi connectivity index (χ1n) is 8.80. The maximum absolute atomic E-state index is 12.9. The molecule has 0 fully saturated rings. The zero-order valence-electron chi connectivity index (χ0n) is 15.9. The average molecular weight is 510 g/mol. The summed E-state index contributed by atoms with van der Waals surface area (Å²) in [5.74, 6) is 0.664. The van der Waals surface area contributed by atoms with Gasteiger partial charge in [-0.3, -0.25) is 13.9 Å². The summed E-state index contributed by atoms with van der Waals surface area (Å²) in [5.41, 5.74) is 0.305. The van der Waals surface area contributed by atoms with Gasteiger partial charge in [-0.25, -0.2) is 9.48 Å². The van der Waals surface area contributed by atoms with Crippen LogP contribution in [0.3, 0.4) is 0 Å². The number of aryl methyl sites for hydroxylation is 1. The van der Waals surface area contributed by atoms with Crippen molar-refractivity contribution in [3.63, 3.8) is 0 Å². The Morgan fingerprint density at radius 3 is 2.37 bits per heavy atom. The monoisotopic (exact) mass is 508 g/mol. The molecule has 2 heterocycles. The van der Waals surface area contributed by atoms with Crippen molar-refractivity contribution in [2.75, 3.05) is 0 Å². The molecule has 2 aromatic heterocycles. The van der Waals surface area contributed by atoms with E-state index in [1.54, 1.807) is 37.4 Å². The van der Waals surface area contributed by atoms with Crippen molar-refractivity contribution in [1.29, 1.82) is 0 Å². The predicted octanol–water partition coefficient (Wildman–Crippen LogP) is 4.34. The molecule has 4 rings (SSSR count). The van der Waals surface area contributed by atoms with E-state index in [1.165, 1.54) is 16.3 Å². The molecule has 0 unspecified atom stereocenters. The fourth-order valence-electron chi connectivity index (χ4n) is 3.12. The minimum Gasteiger partial charge on any atom is -0.436 e. The van der Waals surface area contributed by atoms with Crippen LogP contribution in [0.5, 0.6) is 11.6 Å². The van der Waals surface area contributed by atoms with Gasteiger partial charge in [-0.2, -0.15) is 0 Å². The molecule has 0 N–H and O–H groups in total. The van der Waals surface area contributed by atoms with Crippen LogP contribution < -0.4 is 16.0 Å². The summed E-state index contributed by atoms with van der Waals surface area (Å²) in [4.78, 5) is 25.4. The third-order valence-corrected chi connectivity index (χ3v) is 5.79. The van der Waals surface area contributed by atoms with E-state index >= 15 is 0 Å². The lowest BCUT2D eigenvalue weighted by molar-refractivity contribution is 0.453. The van der Waals surface area contributed by atoms with Gasteiger partial charge in [0.15, 0.2) is 5.52 Å². The minimum atomic E-state index is -0.476. The van der Waals surface area contributed by atoms with Crippen LogP contribution in [0.2, 0.25) is 10.0 Å². The van der Waals surface area contributed by atoms with Crippen molar-refractivity contribution in [2.24, 2.45) is 14.1 Å². The number of aromatic nitrogens is 4. The number of ether oxygens (including phenoxy) is 1. The van der Waals surface area contributed by atoms with Crippen LogP contribution in [0.25, 0.3) is 11.0 Å². The van der Waals surface area contributed by atoms with Crippen LogP contribution in [0, 0.1) is 0 Å². The highest BCUT2D eigenvalue weighted by atomic mass is 79.9. The molecule has 0 aliphatic heterocycles. The Bertz CT molecular complexity index is 1390. The smallest absolute Gasteiger partial charge is 0.331 e. The van der Waals surface area contributed by atoms with Crippen molar-refractivity contribution in [2.45, 2.75) is 6.54 Å². The van der Waals surface area contributed by atoms with Crippen molar-refractivity contribution in [3.8, 4) is 11.6 Å². The third-order valence-electron chi connectivity index (χ3n) is 4.68. The highest BCUT2D eigenvalue weighted by Gasteiger charge is 2.22. The molecular formula is C20H15BrCl2N4O3. The number of benzene rings is 2. The summed E-state index contributed by atoms with van der Waals surface area (Å²) in [7, 11) is 2.99. The number of fused-ring (bicyclic) bond motifs is 1. The van der Waals surface area contributed by atoms with Gasteiger partial charge in [0.05, 0.1) is 6.54 Å². The fourth-order valence-corrected chi connectivity index (χ4v) is 3.85. The normalized spacial score (nSPS) is 11.2. The first-order valence-corrected chi connectivity index (χ1v) is 10.3. The third kappa shape index (κ3) is 3.66. The molecular weight excluding hydrogens is 495 g/mol. The topological polar surface area (TPSA) is 71.1 Å². The molecule has 4 aromatic rings. The molecule has 0 aliphatic rings. The van der Waals surface area contributed by atoms with E-state index in [9.17, 15) is 9.59 Å². The van der Waals surface area contributed by atoms with E-state index in [2.05, 4.69) is 21.0 Å². The Labute approximate surface area is 189 Å². The summed E-state index contributed by atoms with van der Waals surface area (Å²) in [6, 6.07) is 12.2. The molecule has 30 heavy (non-hydrogen) atoms. The molecule has 154 valence electrons. The second-order valence-corrected chi connectivity index (χ2v) is 8.42. The van der Waals surface area contributed by atoms with Gasteiger partial charge in [0.25, 0.3) is 11.4 Å². The quantitative estimate of drug-likeness (QED) is 0.410. The maximum Gasteiger partial charge on any atom is 0.331 e. The molecule has 7 nitrogen and oxygen atoms in total. The van der Waals surface area contributed by atoms with E-state index in [4.69, 9.17) is 27.9 Å². The largest absolute Gasteiger partial charge is 0.436 e. The fraction of sp³-hybridized carbons (Fsp3) is 0.150. The number of hydrogen-bond acceptors (Lipinski definition) is 4. The van der Waals surface area contributed by atoms with Gasteiger partial charge in [0.1, 0.15) is 11.3 Å². The summed E-state index contributed by atoms with van der Waals surface area (Å²) in [6.45, 7) is 0.198. The zero-order valence-corrected chi connectivity index (χ0v) is 19.0. The summed E-state index contributed by atoms with van der Waals surface area (Å²) in [5, 5.41) is 5.44. The molecule has 0 saturated carbocycles. The van der Waals surface area contributed by atoms with E-state index in [0.29, 0.717) is 21.3 Å². The number of nitrogens with zero attached hydrogens (tertiary/aromatic N) is 4. The molecule has 0 amide bonds. The summed E-state index contributed by atoms with van der Waals surface area (Å²) in [6.07, 6.45) is 0. The molecule has 0 spiro atoms. The lowest BCUT2D eigenvalue weighted by Crippen LogP contribution is -2.37. The standard InChI is InChI=1S/C20H15BrCl2N4O3/c1-25-16-17(19(28)26(2)20(25)29)27(10-11-3-6-13(22)9-15(11)23)24-18(16)30-14-7-4-12(21)5-8-14/h3-9H,10H2,1-2H3. The molecule has 0 saturated heterocycles. The van der Waals surface area contributed by atoms with Crippen LogP contribution in [0.4, 0.5) is 0 Å². The van der Waals surface area contributed by atoms with E-state index < -0.39 is 11.2 Å². The van der Waals surface area contributed by atoms with E-state index in [1.807, 2.05) is 12.1 Å². The first-order chi connectivity index (χ1) is 14.3. The van der Waals surface area contributed by atoms with Crippen LogP contribution in [0.1, 0.15) is 5.56 Å². The Morgan fingerprint density at radius 1 is 1.00 bits per heavy atom. The Morgan fingerprint density at radius 2 is 1.70 bits per heavy atom. The Kier molecular flexibility index (Phi) is 5.48. The summed E-state index contributed by atoms with van der Waals surface area (Å²) >= 11 is 15.7. The summed E-state index contributed by atoms with van der Waals surface area (Å²) < 4.78 is 10.7. The number of rotatable bonds is 4. The minimum absolute atomic E-state index is 0.148. The van der Waals surface area contributed by atoms with Gasteiger partial charge in [-0.05, 0) is 42.0 Å². The molecule has 0 radical (unpaired) electrons. The second-order valence-electron chi connectivity index (χ2n) is 6.66. The predicted molar refractivity (Wildman–Crippen MR) is 120 cm³/mol. The SMILES string of the molecule is Cn1c(=O)c2c(c(Oc3ccc(Br)cc3)nn2Cc2ccc(Cl)cc2Cl)n(C)c1=O. The van der Waals surface area contributed by atoms with Crippen molar-refractivity contribution in [3.05, 3.63) is 83.4 Å². The van der Waals surface area contributed by atoms with E-state index in [0.717, 1.165) is 14.6 Å². The first kappa shape index (κ1) is 20.7. The highest BCUT2D eigenvalue weighted by molar-refractivity contribution is 9.10. The maximum atomic E-state index is 12.9. The molecule has 0 bridgehead atoms. The lowest BCUT2D eigenvalue weighted by atomic mass is 10.2. The zero-order chi connectivity index (χ0) is 21.6. The van der Waals surface area contributed by atoms with Gasteiger partial charge in [0, 0.05) is 28.6 Å². The van der Waals surface area contributed by atoms with Crippen molar-refractivity contribution >= 4 is 50.2 Å². The van der Waals surface area contributed by atoms with Gasteiger partial charge >= 0.3 is 5.69 Å². The van der Waals surface area contributed by atoms with Crippen molar-refractivity contribution < 1.29 is 4.74 Å². The highest BCUT2D eigenvalue weighted by Crippen LogP contribution is 2.29. The average Bonchev–Trinajstić information content (AvgIpc) is 3.06. The lowest BCUT2D eigenvalue weighted by Gasteiger charge is -2.08. The molecule has 0 atom stereocenters. The second kappa shape index (κ2) is 7.94. The van der Waals surface area contributed by atoms with Gasteiger partial charge in [0.2, 0.25) is 0 Å². The van der Waals surface area contributed by atoms with Gasteiger partial charge in [-0.15, -0.1) is 5.10 Å².